The van der Waals surface area contributed by atoms with Crippen LogP contribution in [-0.4, -0.2) is 25.7 Å². The van der Waals surface area contributed by atoms with Crippen molar-refractivity contribution in [3.8, 4) is 12.1 Å². The van der Waals surface area contributed by atoms with Gasteiger partial charge in [-0.3, -0.25) is 0 Å². The standard InChI is InChI=1S/C16H20N4/c1-16(2)11-19-10-14(7-8-17)20(12-16)15-6-4-3-5-13(15)9-18/h3-6,14,19H,7,10-12H2,1-2H3. The van der Waals surface area contributed by atoms with E-state index in [2.05, 4.69) is 36.2 Å². The summed E-state index contributed by atoms with van der Waals surface area (Å²) in [6, 6.07) is 12.3. The molecule has 0 aromatic heterocycles. The highest BCUT2D eigenvalue weighted by atomic mass is 15.2. The molecule has 0 saturated carbocycles. The lowest BCUT2D eigenvalue weighted by Gasteiger charge is -2.35. The van der Waals surface area contributed by atoms with Gasteiger partial charge in [-0.05, 0) is 17.5 Å². The number of benzene rings is 1. The average molecular weight is 268 g/mol. The molecule has 1 aromatic rings. The second-order valence-electron chi connectivity index (χ2n) is 6.07. The Labute approximate surface area is 120 Å². The maximum atomic E-state index is 9.31. The van der Waals surface area contributed by atoms with Crippen LogP contribution in [0.3, 0.4) is 0 Å². The van der Waals surface area contributed by atoms with Gasteiger partial charge in [-0.25, -0.2) is 0 Å². The maximum absolute atomic E-state index is 9.31. The number of nitrogens with one attached hydrogen (secondary N) is 1. The van der Waals surface area contributed by atoms with Crippen LogP contribution < -0.4 is 10.2 Å². The quantitative estimate of drug-likeness (QED) is 0.893. The van der Waals surface area contributed by atoms with Crippen LogP contribution in [0.25, 0.3) is 0 Å². The van der Waals surface area contributed by atoms with E-state index in [0.29, 0.717) is 12.0 Å². The van der Waals surface area contributed by atoms with Crippen LogP contribution in [0.1, 0.15) is 25.8 Å². The van der Waals surface area contributed by atoms with E-state index in [9.17, 15) is 5.26 Å². The maximum Gasteiger partial charge on any atom is 0.101 e. The Bertz CT molecular complexity index is 550. The Balaban J connectivity index is 2.41. The summed E-state index contributed by atoms with van der Waals surface area (Å²) >= 11 is 0. The molecule has 4 heteroatoms. The molecule has 1 fully saturated rings. The lowest BCUT2D eigenvalue weighted by Crippen LogP contribution is -2.42. The van der Waals surface area contributed by atoms with Crippen molar-refractivity contribution >= 4 is 5.69 Å². The number of nitrogens with zero attached hydrogens (tertiary/aromatic N) is 3. The largest absolute Gasteiger partial charge is 0.365 e. The van der Waals surface area contributed by atoms with E-state index in [1.54, 1.807) is 0 Å². The van der Waals surface area contributed by atoms with Crippen LogP contribution in [-0.2, 0) is 0 Å². The van der Waals surface area contributed by atoms with Crippen molar-refractivity contribution in [1.29, 1.82) is 10.5 Å². The molecule has 4 nitrogen and oxygen atoms in total. The lowest BCUT2D eigenvalue weighted by molar-refractivity contribution is 0.369. The molecule has 2 rings (SSSR count). The molecule has 0 aliphatic carbocycles. The number of rotatable bonds is 2. The molecule has 1 N–H and O–H groups in total. The number of hydrogen-bond acceptors (Lipinski definition) is 4. The zero-order valence-corrected chi connectivity index (χ0v) is 12.1. The van der Waals surface area contributed by atoms with E-state index < -0.39 is 0 Å². The number of anilines is 1. The van der Waals surface area contributed by atoms with Gasteiger partial charge in [0.1, 0.15) is 6.07 Å². The molecule has 0 bridgehead atoms. The Hall–Kier alpha value is -2.04. The SMILES string of the molecule is CC1(C)CNCC(CC#N)N(c2ccccc2C#N)C1. The van der Waals surface area contributed by atoms with Gasteiger partial charge < -0.3 is 10.2 Å². The summed E-state index contributed by atoms with van der Waals surface area (Å²) in [4.78, 5) is 2.22. The predicted molar refractivity (Wildman–Crippen MR) is 79.2 cm³/mol. The van der Waals surface area contributed by atoms with Gasteiger partial charge in [-0.2, -0.15) is 10.5 Å². The van der Waals surface area contributed by atoms with Gasteiger partial charge in [-0.1, -0.05) is 26.0 Å². The zero-order chi connectivity index (χ0) is 14.6. The minimum Gasteiger partial charge on any atom is -0.365 e. The average Bonchev–Trinajstić information content (AvgIpc) is 2.58. The van der Waals surface area contributed by atoms with Crippen molar-refractivity contribution in [3.05, 3.63) is 29.8 Å². The summed E-state index contributed by atoms with van der Waals surface area (Å²) in [6.07, 6.45) is 0.461. The lowest BCUT2D eigenvalue weighted by atomic mass is 9.92. The molecule has 0 amide bonds. The smallest absolute Gasteiger partial charge is 0.101 e. The third kappa shape index (κ3) is 3.10. The first-order valence-corrected chi connectivity index (χ1v) is 6.91. The van der Waals surface area contributed by atoms with Crippen LogP contribution in [0.15, 0.2) is 24.3 Å². The van der Waals surface area contributed by atoms with Gasteiger partial charge >= 0.3 is 0 Å². The Kier molecular flexibility index (Phi) is 4.27. The molecule has 1 saturated heterocycles. The first-order valence-electron chi connectivity index (χ1n) is 6.91. The van der Waals surface area contributed by atoms with Crippen molar-refractivity contribution < 1.29 is 0 Å². The number of nitriles is 2. The van der Waals surface area contributed by atoms with Gasteiger partial charge in [0, 0.05) is 19.6 Å². The first-order chi connectivity index (χ1) is 9.57. The van der Waals surface area contributed by atoms with Crippen molar-refractivity contribution in [2.24, 2.45) is 5.41 Å². The van der Waals surface area contributed by atoms with E-state index in [1.807, 2.05) is 24.3 Å². The second kappa shape index (κ2) is 5.94. The van der Waals surface area contributed by atoms with E-state index in [-0.39, 0.29) is 11.5 Å². The molecule has 104 valence electrons. The normalized spacial score (nSPS) is 21.6. The Morgan fingerprint density at radius 3 is 2.80 bits per heavy atom. The van der Waals surface area contributed by atoms with E-state index in [0.717, 1.165) is 25.3 Å². The number of para-hydroxylation sites is 1. The van der Waals surface area contributed by atoms with Gasteiger partial charge in [0.15, 0.2) is 0 Å². The van der Waals surface area contributed by atoms with Crippen LogP contribution in [0.4, 0.5) is 5.69 Å². The zero-order valence-electron chi connectivity index (χ0n) is 12.1. The fraction of sp³-hybridized carbons (Fsp3) is 0.500. The van der Waals surface area contributed by atoms with E-state index >= 15 is 0 Å². The monoisotopic (exact) mass is 268 g/mol. The topological polar surface area (TPSA) is 62.9 Å². The highest BCUT2D eigenvalue weighted by molar-refractivity contribution is 5.60. The molecule has 1 aliphatic rings. The summed E-state index contributed by atoms with van der Waals surface area (Å²) in [5.74, 6) is 0. The summed E-state index contributed by atoms with van der Waals surface area (Å²) in [5.41, 5.74) is 1.72. The molecule has 1 aromatic carbocycles. The first kappa shape index (κ1) is 14.4. The molecule has 1 aliphatic heterocycles. The minimum atomic E-state index is 0.104. The molecule has 1 atom stereocenters. The van der Waals surface area contributed by atoms with Gasteiger partial charge in [0.25, 0.3) is 0 Å². The van der Waals surface area contributed by atoms with Crippen LogP contribution in [0.5, 0.6) is 0 Å². The van der Waals surface area contributed by atoms with Gasteiger partial charge in [0.2, 0.25) is 0 Å². The molecule has 20 heavy (non-hydrogen) atoms. The molecule has 0 radical (unpaired) electrons. The summed E-state index contributed by atoms with van der Waals surface area (Å²) < 4.78 is 0. The third-order valence-corrected chi connectivity index (χ3v) is 3.68. The minimum absolute atomic E-state index is 0.104. The highest BCUT2D eigenvalue weighted by Crippen LogP contribution is 2.29. The predicted octanol–water partition coefficient (Wildman–Crippen LogP) is 2.28. The second-order valence-corrected chi connectivity index (χ2v) is 6.07. The molecule has 0 spiro atoms. The van der Waals surface area contributed by atoms with Gasteiger partial charge in [-0.15, -0.1) is 0 Å². The fourth-order valence-corrected chi connectivity index (χ4v) is 2.72. The van der Waals surface area contributed by atoms with Gasteiger partial charge in [0.05, 0.1) is 29.8 Å². The molecular weight excluding hydrogens is 248 g/mol. The summed E-state index contributed by atoms with van der Waals surface area (Å²) in [6.45, 7) is 6.94. The van der Waals surface area contributed by atoms with Crippen molar-refractivity contribution in [2.45, 2.75) is 26.3 Å². The summed E-state index contributed by atoms with van der Waals surface area (Å²) in [5, 5.41) is 21.8. The molecule has 1 unspecified atom stereocenters. The van der Waals surface area contributed by atoms with Crippen molar-refractivity contribution in [1.82, 2.24) is 5.32 Å². The molecular formula is C16H20N4. The fourth-order valence-electron chi connectivity index (χ4n) is 2.72. The van der Waals surface area contributed by atoms with Crippen LogP contribution in [0.2, 0.25) is 0 Å². The summed E-state index contributed by atoms with van der Waals surface area (Å²) in [7, 11) is 0. The van der Waals surface area contributed by atoms with E-state index in [4.69, 9.17) is 5.26 Å². The van der Waals surface area contributed by atoms with Crippen LogP contribution in [0, 0.1) is 28.1 Å². The van der Waals surface area contributed by atoms with Crippen molar-refractivity contribution in [2.75, 3.05) is 24.5 Å². The Morgan fingerprint density at radius 2 is 2.10 bits per heavy atom. The third-order valence-electron chi connectivity index (χ3n) is 3.68. The van der Waals surface area contributed by atoms with Crippen LogP contribution >= 0.6 is 0 Å². The van der Waals surface area contributed by atoms with E-state index in [1.165, 1.54) is 0 Å². The highest BCUT2D eigenvalue weighted by Gasteiger charge is 2.31. The molecule has 1 heterocycles. The number of hydrogen-bond donors (Lipinski definition) is 1. The Morgan fingerprint density at radius 1 is 1.35 bits per heavy atom. The van der Waals surface area contributed by atoms with Crippen molar-refractivity contribution in [3.63, 3.8) is 0 Å².